The van der Waals surface area contributed by atoms with Crippen LogP contribution in [-0.4, -0.2) is 74.6 Å². The Balaban J connectivity index is 1.84. The van der Waals surface area contributed by atoms with Crippen molar-refractivity contribution in [2.75, 3.05) is 13.7 Å². The molecule has 9 nitrogen and oxygen atoms in total. The Bertz CT molecular complexity index is 1120. The summed E-state index contributed by atoms with van der Waals surface area (Å²) in [6.07, 6.45) is -6.54. The van der Waals surface area contributed by atoms with Gasteiger partial charge in [0.05, 0.1) is 19.4 Å². The molecule has 4 rings (SSSR count). The van der Waals surface area contributed by atoms with E-state index in [0.717, 1.165) is 22.4 Å². The van der Waals surface area contributed by atoms with E-state index in [2.05, 4.69) is 0 Å². The molecule has 0 aliphatic carbocycles. The number of nitrogens with zero attached hydrogens (tertiary/aromatic N) is 2. The average Bonchev–Trinajstić information content (AvgIpc) is 3.22. The van der Waals surface area contributed by atoms with Crippen molar-refractivity contribution in [1.82, 2.24) is 9.78 Å². The van der Waals surface area contributed by atoms with Crippen LogP contribution in [0.3, 0.4) is 0 Å². The number of aliphatic hydroxyl groups is 4. The molecule has 188 valence electrons. The monoisotopic (exact) mass is 484 g/mol. The molecular formula is C26H32N2O7. The van der Waals surface area contributed by atoms with E-state index >= 15 is 0 Å². The first-order valence-electron chi connectivity index (χ1n) is 11.6. The number of benzene rings is 2. The fourth-order valence-electron chi connectivity index (χ4n) is 4.28. The lowest BCUT2D eigenvalue weighted by Gasteiger charge is -2.39. The van der Waals surface area contributed by atoms with Crippen LogP contribution in [0.5, 0.6) is 11.6 Å². The number of hydrogen-bond donors (Lipinski definition) is 4. The molecule has 1 saturated heterocycles. The van der Waals surface area contributed by atoms with Crippen LogP contribution in [0.2, 0.25) is 0 Å². The van der Waals surface area contributed by atoms with Crippen LogP contribution >= 0.6 is 0 Å². The van der Waals surface area contributed by atoms with Gasteiger partial charge in [-0.25, -0.2) is 0 Å². The first-order chi connectivity index (χ1) is 16.8. The maximum Gasteiger partial charge on any atom is 0.239 e. The minimum atomic E-state index is -1.55. The third-order valence-corrected chi connectivity index (χ3v) is 6.12. The molecule has 1 aliphatic heterocycles. The predicted octanol–water partition coefficient (Wildman–Crippen LogP) is 1.91. The molecule has 4 N–H and O–H groups in total. The predicted molar refractivity (Wildman–Crippen MR) is 128 cm³/mol. The van der Waals surface area contributed by atoms with Crippen LogP contribution in [0.25, 0.3) is 11.3 Å². The summed E-state index contributed by atoms with van der Waals surface area (Å²) < 4.78 is 19.1. The van der Waals surface area contributed by atoms with Crippen LogP contribution in [0.1, 0.15) is 31.0 Å². The zero-order chi connectivity index (χ0) is 25.1. The minimum Gasteiger partial charge on any atom is -0.496 e. The van der Waals surface area contributed by atoms with E-state index in [9.17, 15) is 20.4 Å². The Morgan fingerprint density at radius 3 is 2.31 bits per heavy atom. The topological polar surface area (TPSA) is 126 Å². The number of aromatic nitrogens is 2. The van der Waals surface area contributed by atoms with E-state index < -0.39 is 37.3 Å². The zero-order valence-corrected chi connectivity index (χ0v) is 20.0. The van der Waals surface area contributed by atoms with Gasteiger partial charge in [-0.1, -0.05) is 42.5 Å². The molecule has 2 aromatic carbocycles. The Hall–Kier alpha value is -2.95. The maximum atomic E-state index is 10.6. The molecule has 1 fully saturated rings. The first-order valence-corrected chi connectivity index (χ1v) is 11.6. The molecule has 3 aromatic rings. The third-order valence-electron chi connectivity index (χ3n) is 6.12. The van der Waals surface area contributed by atoms with E-state index in [1.807, 2.05) is 73.1 Å². The van der Waals surface area contributed by atoms with Crippen LogP contribution < -0.4 is 9.47 Å². The van der Waals surface area contributed by atoms with Gasteiger partial charge >= 0.3 is 0 Å². The summed E-state index contributed by atoms with van der Waals surface area (Å²) in [5, 5.41) is 45.2. The van der Waals surface area contributed by atoms with Crippen LogP contribution in [-0.2, 0) is 11.2 Å². The molecule has 9 heteroatoms. The highest BCUT2D eigenvalue weighted by Crippen LogP contribution is 2.40. The summed E-state index contributed by atoms with van der Waals surface area (Å²) in [4.78, 5) is 0. The molecule has 35 heavy (non-hydrogen) atoms. The summed E-state index contributed by atoms with van der Waals surface area (Å²) in [5.74, 6) is 0.885. The van der Waals surface area contributed by atoms with E-state index in [1.165, 1.54) is 0 Å². The summed E-state index contributed by atoms with van der Waals surface area (Å²) >= 11 is 0. The molecule has 1 aromatic heterocycles. The smallest absolute Gasteiger partial charge is 0.239 e. The lowest BCUT2D eigenvalue weighted by Crippen LogP contribution is -2.60. The van der Waals surface area contributed by atoms with Crippen molar-refractivity contribution < 1.29 is 34.6 Å². The Morgan fingerprint density at radius 1 is 0.971 bits per heavy atom. The van der Waals surface area contributed by atoms with Gasteiger partial charge < -0.3 is 34.6 Å². The number of rotatable bonds is 8. The van der Waals surface area contributed by atoms with Crippen LogP contribution in [0.4, 0.5) is 0 Å². The van der Waals surface area contributed by atoms with Gasteiger partial charge in [0.15, 0.2) is 0 Å². The fraction of sp³-hybridized carbons (Fsp3) is 0.423. The summed E-state index contributed by atoms with van der Waals surface area (Å²) in [5.41, 5.74) is 3.38. The van der Waals surface area contributed by atoms with Crippen LogP contribution in [0.15, 0.2) is 54.6 Å². The quantitative estimate of drug-likeness (QED) is 0.382. The van der Waals surface area contributed by atoms with Crippen molar-refractivity contribution in [1.29, 1.82) is 0 Å². The van der Waals surface area contributed by atoms with Crippen molar-refractivity contribution in [2.24, 2.45) is 0 Å². The maximum absolute atomic E-state index is 10.6. The third kappa shape index (κ3) is 5.05. The standard InChI is InChI=1S/C26H32N2O7/c1-15(2)28-21(17-11-7-8-12-19(17)33-3)18(13-16-9-5-4-6-10-16)25(27-28)35-26-24(32)23(31)22(30)20(14-29)34-26/h4-12,15,20,22-24,26,29-32H,13-14H2,1-3H3/t20-,22-,23+,24-,26+/m1/s1. The van der Waals surface area contributed by atoms with Gasteiger partial charge in [-0.3, -0.25) is 4.68 Å². The molecule has 0 saturated carbocycles. The lowest BCUT2D eigenvalue weighted by molar-refractivity contribution is -0.278. The molecular weight excluding hydrogens is 452 g/mol. The van der Waals surface area contributed by atoms with Gasteiger partial charge in [-0.05, 0) is 31.5 Å². The van der Waals surface area contributed by atoms with Crippen molar-refractivity contribution in [3.63, 3.8) is 0 Å². The van der Waals surface area contributed by atoms with Gasteiger partial charge in [0.2, 0.25) is 12.2 Å². The van der Waals surface area contributed by atoms with Gasteiger partial charge in [0.1, 0.15) is 30.2 Å². The molecule has 0 spiro atoms. The summed E-state index contributed by atoms with van der Waals surface area (Å²) in [6, 6.07) is 17.4. The highest BCUT2D eigenvalue weighted by atomic mass is 16.7. The van der Waals surface area contributed by atoms with Crippen LogP contribution in [0, 0.1) is 0 Å². The number of aliphatic hydroxyl groups excluding tert-OH is 4. The average molecular weight is 485 g/mol. The second-order valence-electron chi connectivity index (χ2n) is 8.85. The molecule has 0 unspecified atom stereocenters. The van der Waals surface area contributed by atoms with Gasteiger partial charge in [0.25, 0.3) is 0 Å². The van der Waals surface area contributed by atoms with E-state index in [4.69, 9.17) is 19.3 Å². The van der Waals surface area contributed by atoms with Gasteiger partial charge in [-0.15, -0.1) is 5.10 Å². The summed E-state index contributed by atoms with van der Waals surface area (Å²) in [6.45, 7) is 3.44. The zero-order valence-electron chi connectivity index (χ0n) is 20.0. The van der Waals surface area contributed by atoms with E-state index in [-0.39, 0.29) is 11.9 Å². The largest absolute Gasteiger partial charge is 0.496 e. The Morgan fingerprint density at radius 2 is 1.66 bits per heavy atom. The lowest BCUT2D eigenvalue weighted by atomic mass is 9.99. The van der Waals surface area contributed by atoms with E-state index in [0.29, 0.717) is 12.2 Å². The Kier molecular flexibility index (Phi) is 7.73. The number of para-hydroxylation sites is 1. The van der Waals surface area contributed by atoms with E-state index in [1.54, 1.807) is 7.11 Å². The van der Waals surface area contributed by atoms with Gasteiger partial charge in [-0.2, -0.15) is 0 Å². The molecule has 0 radical (unpaired) electrons. The molecule has 1 aliphatic rings. The van der Waals surface area contributed by atoms with Crippen molar-refractivity contribution in [2.45, 2.75) is 57.0 Å². The highest BCUT2D eigenvalue weighted by molar-refractivity contribution is 5.73. The summed E-state index contributed by atoms with van der Waals surface area (Å²) in [7, 11) is 1.61. The second kappa shape index (κ2) is 10.8. The number of hydrogen-bond acceptors (Lipinski definition) is 8. The minimum absolute atomic E-state index is 0.0448. The molecule has 5 atom stereocenters. The normalized spacial score (nSPS) is 24.5. The van der Waals surface area contributed by atoms with Crippen molar-refractivity contribution in [3.05, 3.63) is 65.7 Å². The number of methoxy groups -OCH3 is 1. The van der Waals surface area contributed by atoms with Crippen molar-refractivity contribution in [3.8, 4) is 22.9 Å². The molecule has 2 heterocycles. The van der Waals surface area contributed by atoms with Crippen molar-refractivity contribution >= 4 is 0 Å². The second-order valence-corrected chi connectivity index (χ2v) is 8.85. The number of ether oxygens (including phenoxy) is 3. The first kappa shape index (κ1) is 25.2. The Labute approximate surface area is 204 Å². The molecule has 0 bridgehead atoms. The molecule has 0 amide bonds. The highest BCUT2D eigenvalue weighted by Gasteiger charge is 2.45. The van der Waals surface area contributed by atoms with Gasteiger partial charge in [0, 0.05) is 23.6 Å². The SMILES string of the molecule is COc1ccccc1-c1c(Cc2ccccc2)c(O[C@@H]2O[C@H](CO)[C@@H](O)[C@H](O)[C@H]2O)nn1C(C)C. The fourth-order valence-corrected chi connectivity index (χ4v) is 4.28.